The van der Waals surface area contributed by atoms with Crippen LogP contribution in [-0.2, 0) is 6.42 Å². The molecule has 1 aromatic rings. The number of halogens is 1. The van der Waals surface area contributed by atoms with Gasteiger partial charge in [-0.3, -0.25) is 0 Å². The summed E-state index contributed by atoms with van der Waals surface area (Å²) in [6.07, 6.45) is 0.474. The summed E-state index contributed by atoms with van der Waals surface area (Å²) in [5, 5.41) is 8.67. The Morgan fingerprint density at radius 3 is 2.62 bits per heavy atom. The second-order valence-electron chi connectivity index (χ2n) is 2.90. The lowest BCUT2D eigenvalue weighted by molar-refractivity contribution is 0.299. The van der Waals surface area contributed by atoms with Crippen LogP contribution < -0.4 is 4.74 Å². The molecule has 0 radical (unpaired) electrons. The van der Waals surface area contributed by atoms with E-state index in [0.29, 0.717) is 6.42 Å². The van der Waals surface area contributed by atoms with Crippen LogP contribution in [0.25, 0.3) is 0 Å². The zero-order valence-electron chi connectivity index (χ0n) is 7.80. The maximum Gasteiger partial charge on any atom is 0.165 e. The molecule has 1 aromatic carbocycles. The lowest BCUT2D eigenvalue weighted by Gasteiger charge is -2.07. The molecular formula is C10H13FO2. The smallest absolute Gasteiger partial charge is 0.165 e. The van der Waals surface area contributed by atoms with Crippen LogP contribution in [0.3, 0.4) is 0 Å². The Balaban J connectivity index is 3.05. The standard InChI is InChI=1S/C10H13FO2/c1-7-5-8(3-4-12)6-9(11)10(7)13-2/h5-6,12H,3-4H2,1-2H3. The van der Waals surface area contributed by atoms with Gasteiger partial charge in [0.05, 0.1) is 7.11 Å². The first-order valence-electron chi connectivity index (χ1n) is 4.13. The molecule has 0 aliphatic heterocycles. The average molecular weight is 184 g/mol. The monoisotopic (exact) mass is 184 g/mol. The molecule has 0 spiro atoms. The summed E-state index contributed by atoms with van der Waals surface area (Å²) < 4.78 is 18.1. The van der Waals surface area contributed by atoms with Gasteiger partial charge in [-0.05, 0) is 30.5 Å². The van der Waals surface area contributed by atoms with Gasteiger partial charge < -0.3 is 9.84 Å². The van der Waals surface area contributed by atoms with Crippen molar-refractivity contribution in [2.75, 3.05) is 13.7 Å². The van der Waals surface area contributed by atoms with E-state index in [9.17, 15) is 4.39 Å². The predicted molar refractivity (Wildman–Crippen MR) is 48.5 cm³/mol. The van der Waals surface area contributed by atoms with Gasteiger partial charge in [-0.2, -0.15) is 0 Å². The third-order valence-corrected chi connectivity index (χ3v) is 1.89. The first-order chi connectivity index (χ1) is 6.19. The molecular weight excluding hydrogens is 171 g/mol. The fourth-order valence-electron chi connectivity index (χ4n) is 1.33. The molecule has 0 aromatic heterocycles. The molecule has 0 aliphatic rings. The van der Waals surface area contributed by atoms with Crippen LogP contribution in [0.1, 0.15) is 11.1 Å². The molecule has 0 bridgehead atoms. The van der Waals surface area contributed by atoms with E-state index in [2.05, 4.69) is 0 Å². The Kier molecular flexibility index (Phi) is 3.25. The maximum absolute atomic E-state index is 13.2. The highest BCUT2D eigenvalue weighted by Crippen LogP contribution is 2.23. The fraction of sp³-hybridized carbons (Fsp3) is 0.400. The number of aliphatic hydroxyl groups is 1. The van der Waals surface area contributed by atoms with Crippen LogP contribution in [0.5, 0.6) is 5.75 Å². The number of benzene rings is 1. The van der Waals surface area contributed by atoms with E-state index in [4.69, 9.17) is 9.84 Å². The highest BCUT2D eigenvalue weighted by atomic mass is 19.1. The molecule has 3 heteroatoms. The molecule has 0 atom stereocenters. The quantitative estimate of drug-likeness (QED) is 0.774. The summed E-state index contributed by atoms with van der Waals surface area (Å²) in [6, 6.07) is 3.21. The number of hydrogen-bond donors (Lipinski definition) is 1. The van der Waals surface area contributed by atoms with E-state index in [1.54, 1.807) is 6.92 Å². The minimum absolute atomic E-state index is 0.0329. The van der Waals surface area contributed by atoms with Crippen molar-refractivity contribution in [1.29, 1.82) is 0 Å². The van der Waals surface area contributed by atoms with Gasteiger partial charge in [0, 0.05) is 6.61 Å². The van der Waals surface area contributed by atoms with Crippen LogP contribution in [-0.4, -0.2) is 18.8 Å². The van der Waals surface area contributed by atoms with Crippen LogP contribution in [0.2, 0.25) is 0 Å². The lowest BCUT2D eigenvalue weighted by Crippen LogP contribution is -1.97. The fourth-order valence-corrected chi connectivity index (χ4v) is 1.33. The van der Waals surface area contributed by atoms with Crippen molar-refractivity contribution < 1.29 is 14.2 Å². The highest BCUT2D eigenvalue weighted by molar-refractivity contribution is 5.37. The number of aryl methyl sites for hydroxylation is 1. The minimum Gasteiger partial charge on any atom is -0.493 e. The van der Waals surface area contributed by atoms with Gasteiger partial charge in [-0.1, -0.05) is 6.07 Å². The third kappa shape index (κ3) is 2.18. The molecule has 0 heterocycles. The number of hydrogen-bond acceptors (Lipinski definition) is 2. The van der Waals surface area contributed by atoms with Gasteiger partial charge in [-0.15, -0.1) is 0 Å². The van der Waals surface area contributed by atoms with Crippen LogP contribution in [0.15, 0.2) is 12.1 Å². The van der Waals surface area contributed by atoms with Gasteiger partial charge in [-0.25, -0.2) is 4.39 Å². The first-order valence-corrected chi connectivity index (χ1v) is 4.13. The Labute approximate surface area is 77.0 Å². The third-order valence-electron chi connectivity index (χ3n) is 1.89. The molecule has 0 saturated heterocycles. The normalized spacial score (nSPS) is 10.2. The van der Waals surface area contributed by atoms with Crippen molar-refractivity contribution in [1.82, 2.24) is 0 Å². The molecule has 0 unspecified atom stereocenters. The molecule has 2 nitrogen and oxygen atoms in total. The van der Waals surface area contributed by atoms with Crippen molar-refractivity contribution in [2.24, 2.45) is 0 Å². The van der Waals surface area contributed by atoms with E-state index in [1.807, 2.05) is 6.07 Å². The Hall–Kier alpha value is -1.09. The average Bonchev–Trinajstić information content (AvgIpc) is 2.04. The van der Waals surface area contributed by atoms with Crippen molar-refractivity contribution in [3.8, 4) is 5.75 Å². The number of methoxy groups -OCH3 is 1. The van der Waals surface area contributed by atoms with Crippen molar-refractivity contribution >= 4 is 0 Å². The zero-order valence-corrected chi connectivity index (χ0v) is 7.80. The summed E-state index contributed by atoms with van der Waals surface area (Å²) in [6.45, 7) is 1.81. The van der Waals surface area contributed by atoms with Gasteiger partial charge >= 0.3 is 0 Å². The lowest BCUT2D eigenvalue weighted by atomic mass is 10.1. The molecule has 1 rings (SSSR count). The van der Waals surface area contributed by atoms with E-state index >= 15 is 0 Å². The summed E-state index contributed by atoms with van der Waals surface area (Å²) in [5.41, 5.74) is 1.55. The number of rotatable bonds is 3. The van der Waals surface area contributed by atoms with E-state index in [0.717, 1.165) is 11.1 Å². The second-order valence-corrected chi connectivity index (χ2v) is 2.90. The zero-order chi connectivity index (χ0) is 9.84. The molecule has 1 N–H and O–H groups in total. The SMILES string of the molecule is COc1c(C)cc(CCO)cc1F. The Morgan fingerprint density at radius 2 is 2.15 bits per heavy atom. The van der Waals surface area contributed by atoms with E-state index in [1.165, 1.54) is 13.2 Å². The van der Waals surface area contributed by atoms with Gasteiger partial charge in [0.1, 0.15) is 0 Å². The molecule has 0 saturated carbocycles. The number of ether oxygens (including phenoxy) is 1. The van der Waals surface area contributed by atoms with Crippen molar-refractivity contribution in [3.05, 3.63) is 29.1 Å². The largest absolute Gasteiger partial charge is 0.493 e. The molecule has 0 amide bonds. The molecule has 13 heavy (non-hydrogen) atoms. The van der Waals surface area contributed by atoms with E-state index in [-0.39, 0.29) is 18.2 Å². The molecule has 0 aliphatic carbocycles. The van der Waals surface area contributed by atoms with Gasteiger partial charge in [0.2, 0.25) is 0 Å². The summed E-state index contributed by atoms with van der Waals surface area (Å²) in [5.74, 6) is -0.0901. The van der Waals surface area contributed by atoms with Crippen molar-refractivity contribution in [2.45, 2.75) is 13.3 Å². The Bertz CT molecular complexity index is 274. The molecule has 0 fully saturated rings. The predicted octanol–water partition coefficient (Wildman–Crippen LogP) is 1.68. The summed E-state index contributed by atoms with van der Waals surface area (Å²) >= 11 is 0. The second kappa shape index (κ2) is 4.23. The van der Waals surface area contributed by atoms with E-state index < -0.39 is 0 Å². The highest BCUT2D eigenvalue weighted by Gasteiger charge is 2.07. The summed E-state index contributed by atoms with van der Waals surface area (Å²) in [4.78, 5) is 0. The first kappa shape index (κ1) is 9.99. The number of aliphatic hydroxyl groups excluding tert-OH is 1. The topological polar surface area (TPSA) is 29.5 Å². The molecule has 72 valence electrons. The van der Waals surface area contributed by atoms with Gasteiger partial charge in [0.15, 0.2) is 11.6 Å². The van der Waals surface area contributed by atoms with Gasteiger partial charge in [0.25, 0.3) is 0 Å². The maximum atomic E-state index is 13.2. The van der Waals surface area contributed by atoms with Crippen LogP contribution >= 0.6 is 0 Å². The van der Waals surface area contributed by atoms with Crippen LogP contribution in [0, 0.1) is 12.7 Å². The van der Waals surface area contributed by atoms with Crippen molar-refractivity contribution in [3.63, 3.8) is 0 Å². The Morgan fingerprint density at radius 1 is 1.46 bits per heavy atom. The summed E-state index contributed by atoms with van der Waals surface area (Å²) in [7, 11) is 1.44. The van der Waals surface area contributed by atoms with Crippen LogP contribution in [0.4, 0.5) is 4.39 Å². The minimum atomic E-state index is -0.369.